The van der Waals surface area contributed by atoms with Gasteiger partial charge in [0.25, 0.3) is 0 Å². The summed E-state index contributed by atoms with van der Waals surface area (Å²) >= 11 is 0. The average molecular weight is 297 g/mol. The quantitative estimate of drug-likeness (QED) is 0.871. The summed E-state index contributed by atoms with van der Waals surface area (Å²) in [6.45, 7) is 8.41. The summed E-state index contributed by atoms with van der Waals surface area (Å²) in [4.78, 5) is 8.63. The van der Waals surface area contributed by atoms with Crippen molar-refractivity contribution < 1.29 is 0 Å². The second kappa shape index (κ2) is 5.55. The Labute approximate surface area is 132 Å². The topological polar surface area (TPSA) is 45.2 Å². The highest BCUT2D eigenvalue weighted by molar-refractivity contribution is 5.50. The van der Waals surface area contributed by atoms with Crippen LogP contribution in [0.2, 0.25) is 0 Å². The first-order valence-electron chi connectivity index (χ1n) is 7.67. The highest BCUT2D eigenvalue weighted by atomic mass is 15.4. The van der Waals surface area contributed by atoms with E-state index in [0.29, 0.717) is 6.04 Å². The van der Waals surface area contributed by atoms with Crippen LogP contribution in [0.15, 0.2) is 36.7 Å². The van der Waals surface area contributed by atoms with Crippen molar-refractivity contribution in [3.05, 3.63) is 42.4 Å². The third kappa shape index (κ3) is 2.89. The smallest absolute Gasteiger partial charge is 0.151 e. The summed E-state index contributed by atoms with van der Waals surface area (Å²) in [5.74, 6) is 0.965. The first kappa shape index (κ1) is 14.8. The molecule has 3 rings (SSSR count). The molecule has 5 nitrogen and oxygen atoms in total. The van der Waals surface area contributed by atoms with Gasteiger partial charge in [0.05, 0.1) is 11.7 Å². The lowest BCUT2D eigenvalue weighted by Crippen LogP contribution is -2.59. The van der Waals surface area contributed by atoms with Gasteiger partial charge in [0.15, 0.2) is 5.82 Å². The number of pyridine rings is 1. The van der Waals surface area contributed by atoms with Gasteiger partial charge in [-0.2, -0.15) is 5.10 Å². The molecule has 3 heterocycles. The van der Waals surface area contributed by atoms with Gasteiger partial charge in [0, 0.05) is 43.6 Å². The van der Waals surface area contributed by atoms with Crippen molar-refractivity contribution in [2.45, 2.75) is 32.2 Å². The lowest BCUT2D eigenvalue weighted by atomic mass is 9.92. The zero-order valence-electron chi connectivity index (χ0n) is 13.7. The van der Waals surface area contributed by atoms with Gasteiger partial charge in [-0.05, 0) is 24.3 Å². The van der Waals surface area contributed by atoms with Crippen LogP contribution in [-0.2, 0) is 5.41 Å². The third-order valence-electron chi connectivity index (χ3n) is 4.22. The predicted molar refractivity (Wildman–Crippen MR) is 89.4 cm³/mol. The van der Waals surface area contributed by atoms with Crippen LogP contribution in [0.5, 0.6) is 0 Å². The summed E-state index contributed by atoms with van der Waals surface area (Å²) in [6.07, 6.45) is 3.66. The fourth-order valence-corrected chi connectivity index (χ4v) is 2.57. The Bertz CT molecular complexity index is 612. The lowest BCUT2D eigenvalue weighted by Gasteiger charge is -2.45. The van der Waals surface area contributed by atoms with E-state index in [0.717, 1.165) is 24.6 Å². The van der Waals surface area contributed by atoms with E-state index in [2.05, 4.69) is 64.9 Å². The molecule has 0 radical (unpaired) electrons. The molecule has 0 unspecified atom stereocenters. The maximum absolute atomic E-state index is 4.38. The number of likely N-dealkylation sites (N-methyl/N-ethyl adjacent to an activating group) is 1. The first-order chi connectivity index (χ1) is 10.4. The van der Waals surface area contributed by atoms with Gasteiger partial charge in [-0.25, -0.2) is 0 Å². The molecule has 2 aromatic rings. The number of rotatable bonds is 3. The summed E-state index contributed by atoms with van der Waals surface area (Å²) in [7, 11) is 2.13. The Morgan fingerprint density at radius 2 is 1.73 bits per heavy atom. The molecule has 0 aromatic carbocycles. The minimum Gasteiger partial charge on any atom is -0.368 e. The fourth-order valence-electron chi connectivity index (χ4n) is 2.57. The number of nitrogens with zero attached hydrogens (tertiary/aromatic N) is 5. The van der Waals surface area contributed by atoms with Crippen molar-refractivity contribution in [3.8, 4) is 0 Å². The lowest BCUT2D eigenvalue weighted by molar-refractivity contribution is 0.487. The fraction of sp³-hybridized carbons (Fsp3) is 0.471. The van der Waals surface area contributed by atoms with Gasteiger partial charge >= 0.3 is 0 Å². The van der Waals surface area contributed by atoms with E-state index in [-0.39, 0.29) is 5.41 Å². The van der Waals surface area contributed by atoms with Crippen molar-refractivity contribution in [1.29, 1.82) is 0 Å². The SMILES string of the molecule is CN(c1ccncc1)C1CN(c2ccc(C(C)(C)C)nn2)C1. The zero-order valence-corrected chi connectivity index (χ0v) is 13.7. The minimum atomic E-state index is 0.0462. The highest BCUT2D eigenvalue weighted by Gasteiger charge is 2.31. The van der Waals surface area contributed by atoms with Crippen LogP contribution in [0.4, 0.5) is 11.5 Å². The van der Waals surface area contributed by atoms with Crippen molar-refractivity contribution in [3.63, 3.8) is 0 Å². The molecule has 0 saturated carbocycles. The van der Waals surface area contributed by atoms with E-state index in [1.54, 1.807) is 0 Å². The van der Waals surface area contributed by atoms with Crippen LogP contribution in [-0.4, -0.2) is 41.4 Å². The molecule has 22 heavy (non-hydrogen) atoms. The summed E-state index contributed by atoms with van der Waals surface area (Å²) in [6, 6.07) is 8.76. The molecule has 116 valence electrons. The van der Waals surface area contributed by atoms with E-state index in [1.165, 1.54) is 5.69 Å². The number of hydrogen-bond acceptors (Lipinski definition) is 5. The van der Waals surface area contributed by atoms with Crippen LogP contribution in [0.3, 0.4) is 0 Å². The Hall–Kier alpha value is -2.17. The Morgan fingerprint density at radius 3 is 2.27 bits per heavy atom. The third-order valence-corrected chi connectivity index (χ3v) is 4.22. The van der Waals surface area contributed by atoms with Gasteiger partial charge in [0.1, 0.15) is 0 Å². The van der Waals surface area contributed by atoms with Crippen molar-refractivity contribution in [1.82, 2.24) is 15.2 Å². The molecular formula is C17H23N5. The molecule has 1 aliphatic rings. The van der Waals surface area contributed by atoms with E-state index < -0.39 is 0 Å². The molecule has 5 heteroatoms. The van der Waals surface area contributed by atoms with E-state index in [9.17, 15) is 0 Å². The molecule has 0 spiro atoms. The summed E-state index contributed by atoms with van der Waals surface area (Å²) < 4.78 is 0. The van der Waals surface area contributed by atoms with E-state index >= 15 is 0 Å². The van der Waals surface area contributed by atoms with Crippen molar-refractivity contribution in [2.24, 2.45) is 0 Å². The monoisotopic (exact) mass is 297 g/mol. The molecule has 1 aliphatic heterocycles. The van der Waals surface area contributed by atoms with Crippen LogP contribution in [0.1, 0.15) is 26.5 Å². The normalized spacial score (nSPS) is 15.5. The molecule has 0 bridgehead atoms. The number of aromatic nitrogens is 3. The highest BCUT2D eigenvalue weighted by Crippen LogP contribution is 2.26. The number of anilines is 2. The van der Waals surface area contributed by atoms with Crippen LogP contribution >= 0.6 is 0 Å². The Balaban J connectivity index is 1.61. The molecule has 1 fully saturated rings. The molecule has 0 aliphatic carbocycles. The molecule has 1 saturated heterocycles. The van der Waals surface area contributed by atoms with Gasteiger partial charge in [-0.15, -0.1) is 5.10 Å². The molecular weight excluding hydrogens is 274 g/mol. The van der Waals surface area contributed by atoms with E-state index in [4.69, 9.17) is 0 Å². The van der Waals surface area contributed by atoms with Gasteiger partial charge in [0.2, 0.25) is 0 Å². The van der Waals surface area contributed by atoms with Crippen LogP contribution < -0.4 is 9.80 Å². The molecule has 0 atom stereocenters. The van der Waals surface area contributed by atoms with Gasteiger partial charge in [-0.1, -0.05) is 20.8 Å². The first-order valence-corrected chi connectivity index (χ1v) is 7.67. The zero-order chi connectivity index (χ0) is 15.7. The summed E-state index contributed by atoms with van der Waals surface area (Å²) in [5, 5.41) is 8.75. The van der Waals surface area contributed by atoms with Gasteiger partial charge < -0.3 is 9.80 Å². The maximum atomic E-state index is 4.38. The van der Waals surface area contributed by atoms with Crippen molar-refractivity contribution in [2.75, 3.05) is 29.9 Å². The largest absolute Gasteiger partial charge is 0.368 e. The Morgan fingerprint density at radius 1 is 1.05 bits per heavy atom. The second-order valence-corrected chi connectivity index (χ2v) is 6.90. The average Bonchev–Trinajstić information content (AvgIpc) is 2.46. The molecule has 0 N–H and O–H groups in total. The van der Waals surface area contributed by atoms with Crippen LogP contribution in [0.25, 0.3) is 0 Å². The predicted octanol–water partition coefficient (Wildman–Crippen LogP) is 2.49. The summed E-state index contributed by atoms with van der Waals surface area (Å²) in [5.41, 5.74) is 2.28. The minimum absolute atomic E-state index is 0.0462. The van der Waals surface area contributed by atoms with Crippen molar-refractivity contribution >= 4 is 11.5 Å². The molecule has 0 amide bonds. The van der Waals surface area contributed by atoms with Gasteiger partial charge in [-0.3, -0.25) is 4.98 Å². The Kier molecular flexibility index (Phi) is 3.72. The van der Waals surface area contributed by atoms with Crippen LogP contribution in [0, 0.1) is 0 Å². The number of hydrogen-bond donors (Lipinski definition) is 0. The van der Waals surface area contributed by atoms with E-state index in [1.807, 2.05) is 24.5 Å². The maximum Gasteiger partial charge on any atom is 0.151 e. The standard InChI is InChI=1S/C17H23N5/c1-17(2,3)15-5-6-16(20-19-15)22-11-14(12-22)21(4)13-7-9-18-10-8-13/h5-10,14H,11-12H2,1-4H3. The second-order valence-electron chi connectivity index (χ2n) is 6.90. The molecule has 2 aromatic heterocycles.